The molecule has 0 spiro atoms. The topological polar surface area (TPSA) is 15.3 Å². The number of hydrogen-bond donors (Lipinski definition) is 1. The molecule has 2 nitrogen and oxygen atoms in total. The van der Waals surface area contributed by atoms with E-state index in [2.05, 4.69) is 24.1 Å². The number of nitrogens with one attached hydrogen (secondary N) is 1. The third-order valence-corrected chi connectivity index (χ3v) is 4.81. The minimum atomic E-state index is 0.765. The molecule has 0 bridgehead atoms. The van der Waals surface area contributed by atoms with Crippen LogP contribution in [0.25, 0.3) is 0 Å². The van der Waals surface area contributed by atoms with Crippen molar-refractivity contribution >= 4 is 0 Å². The minimum absolute atomic E-state index is 0.765. The summed E-state index contributed by atoms with van der Waals surface area (Å²) in [7, 11) is 0. The van der Waals surface area contributed by atoms with Crippen LogP contribution in [0.3, 0.4) is 0 Å². The minimum Gasteiger partial charge on any atom is -0.313 e. The number of rotatable bonds is 5. The maximum Gasteiger partial charge on any atom is 0.0207 e. The highest BCUT2D eigenvalue weighted by atomic mass is 15.2. The van der Waals surface area contributed by atoms with Crippen LogP contribution in [0, 0.1) is 5.92 Å². The van der Waals surface area contributed by atoms with Crippen LogP contribution in [0.2, 0.25) is 0 Å². The maximum atomic E-state index is 3.68. The number of hydrogen-bond acceptors (Lipinski definition) is 2. The average Bonchev–Trinajstić information content (AvgIpc) is 2.85. The second kappa shape index (κ2) is 6.75. The van der Waals surface area contributed by atoms with Gasteiger partial charge in [-0.15, -0.1) is 0 Å². The van der Waals surface area contributed by atoms with E-state index in [0.717, 1.165) is 18.0 Å². The van der Waals surface area contributed by atoms with Crippen LogP contribution < -0.4 is 5.32 Å². The van der Waals surface area contributed by atoms with Crippen LogP contribution in [0.15, 0.2) is 0 Å². The highest BCUT2D eigenvalue weighted by Gasteiger charge is 2.30. The molecule has 1 saturated heterocycles. The van der Waals surface area contributed by atoms with E-state index < -0.39 is 0 Å². The van der Waals surface area contributed by atoms with Crippen LogP contribution >= 0.6 is 0 Å². The van der Waals surface area contributed by atoms with Crippen molar-refractivity contribution in [1.82, 2.24) is 10.2 Å². The monoisotopic (exact) mass is 238 g/mol. The van der Waals surface area contributed by atoms with Crippen molar-refractivity contribution in [3.05, 3.63) is 0 Å². The van der Waals surface area contributed by atoms with Gasteiger partial charge in [-0.25, -0.2) is 0 Å². The van der Waals surface area contributed by atoms with E-state index in [1.807, 2.05) is 0 Å². The quantitative estimate of drug-likeness (QED) is 0.792. The molecule has 100 valence electrons. The molecule has 2 heteroatoms. The fourth-order valence-electron chi connectivity index (χ4n) is 3.59. The Morgan fingerprint density at radius 3 is 2.65 bits per heavy atom. The molecular weight excluding hydrogens is 208 g/mol. The van der Waals surface area contributed by atoms with Crippen molar-refractivity contribution in [1.29, 1.82) is 0 Å². The summed E-state index contributed by atoms with van der Waals surface area (Å²) >= 11 is 0. The van der Waals surface area contributed by atoms with Crippen LogP contribution in [0.4, 0.5) is 0 Å². The lowest BCUT2D eigenvalue weighted by atomic mass is 9.84. The van der Waals surface area contributed by atoms with Gasteiger partial charge in [0.15, 0.2) is 0 Å². The van der Waals surface area contributed by atoms with Crippen LogP contribution in [-0.2, 0) is 0 Å². The molecule has 2 rings (SSSR count). The summed E-state index contributed by atoms with van der Waals surface area (Å²) < 4.78 is 0. The zero-order valence-electron chi connectivity index (χ0n) is 11.8. The zero-order valence-corrected chi connectivity index (χ0v) is 11.8. The van der Waals surface area contributed by atoms with Gasteiger partial charge in [-0.05, 0) is 45.1 Å². The summed E-state index contributed by atoms with van der Waals surface area (Å²) in [6.45, 7) is 8.52. The third kappa shape index (κ3) is 3.69. The number of likely N-dealkylation sites (tertiary alicyclic amines) is 1. The largest absolute Gasteiger partial charge is 0.313 e. The van der Waals surface area contributed by atoms with Gasteiger partial charge in [-0.2, -0.15) is 0 Å². The molecule has 0 amide bonds. The van der Waals surface area contributed by atoms with Gasteiger partial charge in [-0.1, -0.05) is 26.2 Å². The maximum absolute atomic E-state index is 3.68. The summed E-state index contributed by atoms with van der Waals surface area (Å²) in [6, 6.07) is 1.59. The van der Waals surface area contributed by atoms with E-state index >= 15 is 0 Å². The molecule has 1 saturated carbocycles. The van der Waals surface area contributed by atoms with Gasteiger partial charge < -0.3 is 5.32 Å². The predicted molar refractivity (Wildman–Crippen MR) is 74.3 cm³/mol. The Balaban J connectivity index is 1.74. The van der Waals surface area contributed by atoms with E-state index in [1.54, 1.807) is 0 Å². The zero-order chi connectivity index (χ0) is 12.1. The highest BCUT2D eigenvalue weighted by Crippen LogP contribution is 2.30. The Morgan fingerprint density at radius 2 is 1.94 bits per heavy atom. The van der Waals surface area contributed by atoms with Crippen molar-refractivity contribution in [2.45, 2.75) is 70.9 Å². The van der Waals surface area contributed by atoms with Crippen molar-refractivity contribution < 1.29 is 0 Å². The molecule has 2 atom stereocenters. The Labute approximate surface area is 107 Å². The standard InChI is InChI=1S/C15H30N2/c1-3-10-16-15-9-11-17(12-15)13(2)14-7-5-4-6-8-14/h13-16H,3-12H2,1-2H3. The molecule has 0 radical (unpaired) electrons. The SMILES string of the molecule is CCCNC1CCN(C(C)C2CCCCC2)C1. The highest BCUT2D eigenvalue weighted by molar-refractivity contribution is 4.87. The van der Waals surface area contributed by atoms with Gasteiger partial charge in [0, 0.05) is 25.2 Å². The van der Waals surface area contributed by atoms with Crippen LogP contribution in [-0.4, -0.2) is 36.6 Å². The van der Waals surface area contributed by atoms with Gasteiger partial charge >= 0.3 is 0 Å². The van der Waals surface area contributed by atoms with Gasteiger partial charge in [0.25, 0.3) is 0 Å². The summed E-state index contributed by atoms with van der Waals surface area (Å²) in [5, 5.41) is 3.68. The summed E-state index contributed by atoms with van der Waals surface area (Å²) in [4.78, 5) is 2.74. The molecule has 17 heavy (non-hydrogen) atoms. The molecule has 1 aliphatic heterocycles. The molecule has 2 unspecified atom stereocenters. The van der Waals surface area contributed by atoms with Gasteiger partial charge in [-0.3, -0.25) is 4.90 Å². The van der Waals surface area contributed by atoms with E-state index in [4.69, 9.17) is 0 Å². The lowest BCUT2D eigenvalue weighted by Crippen LogP contribution is -2.40. The fourth-order valence-corrected chi connectivity index (χ4v) is 3.59. The van der Waals surface area contributed by atoms with Gasteiger partial charge in [0.05, 0.1) is 0 Å². The first-order valence-corrected chi connectivity index (χ1v) is 7.78. The number of nitrogens with zero attached hydrogens (tertiary/aromatic N) is 1. The Morgan fingerprint density at radius 1 is 1.18 bits per heavy atom. The molecular formula is C15H30N2. The first-order chi connectivity index (χ1) is 8.31. The van der Waals surface area contributed by atoms with Crippen molar-refractivity contribution in [2.75, 3.05) is 19.6 Å². The molecule has 2 aliphatic rings. The van der Waals surface area contributed by atoms with Gasteiger partial charge in [0.2, 0.25) is 0 Å². The Hall–Kier alpha value is -0.0800. The van der Waals surface area contributed by atoms with Crippen molar-refractivity contribution in [3.63, 3.8) is 0 Å². The summed E-state index contributed by atoms with van der Waals surface area (Å²) in [5.41, 5.74) is 0. The summed E-state index contributed by atoms with van der Waals surface area (Å²) in [6.07, 6.45) is 9.99. The third-order valence-electron chi connectivity index (χ3n) is 4.81. The molecule has 0 aromatic rings. The molecule has 1 aliphatic carbocycles. The molecule has 0 aromatic carbocycles. The molecule has 2 fully saturated rings. The van der Waals surface area contributed by atoms with Crippen molar-refractivity contribution in [3.8, 4) is 0 Å². The lowest BCUT2D eigenvalue weighted by Gasteiger charge is -2.34. The Bertz CT molecular complexity index is 211. The fraction of sp³-hybridized carbons (Fsp3) is 1.00. The second-order valence-corrected chi connectivity index (χ2v) is 6.07. The van der Waals surface area contributed by atoms with E-state index in [9.17, 15) is 0 Å². The predicted octanol–water partition coefficient (Wildman–Crippen LogP) is 3.03. The second-order valence-electron chi connectivity index (χ2n) is 6.07. The normalized spacial score (nSPS) is 29.6. The van der Waals surface area contributed by atoms with Crippen LogP contribution in [0.5, 0.6) is 0 Å². The van der Waals surface area contributed by atoms with E-state index in [1.165, 1.54) is 64.6 Å². The molecule has 1 heterocycles. The first-order valence-electron chi connectivity index (χ1n) is 7.78. The van der Waals surface area contributed by atoms with Crippen molar-refractivity contribution in [2.24, 2.45) is 5.92 Å². The molecule has 1 N–H and O–H groups in total. The first kappa shape index (κ1) is 13.4. The van der Waals surface area contributed by atoms with Crippen LogP contribution in [0.1, 0.15) is 58.8 Å². The summed E-state index contributed by atoms with van der Waals surface area (Å²) in [5.74, 6) is 0.980. The van der Waals surface area contributed by atoms with E-state index in [-0.39, 0.29) is 0 Å². The Kier molecular flexibility index (Phi) is 5.30. The smallest absolute Gasteiger partial charge is 0.0207 e. The molecule has 0 aromatic heterocycles. The van der Waals surface area contributed by atoms with Gasteiger partial charge in [0.1, 0.15) is 0 Å². The van der Waals surface area contributed by atoms with E-state index in [0.29, 0.717) is 0 Å². The average molecular weight is 238 g/mol. The lowest BCUT2D eigenvalue weighted by molar-refractivity contribution is 0.154.